The van der Waals surface area contributed by atoms with Crippen molar-refractivity contribution in [2.45, 2.75) is 39.3 Å². The Morgan fingerprint density at radius 1 is 1.17 bits per heavy atom. The lowest BCUT2D eigenvalue weighted by molar-refractivity contribution is -0.127. The van der Waals surface area contributed by atoms with Crippen molar-refractivity contribution in [2.24, 2.45) is 0 Å². The Morgan fingerprint density at radius 3 is 2.50 bits per heavy atom. The molecule has 0 saturated carbocycles. The van der Waals surface area contributed by atoms with E-state index in [4.69, 9.17) is 18.9 Å². The number of ether oxygens (including phenoxy) is 4. The van der Waals surface area contributed by atoms with E-state index in [1.165, 1.54) is 12.3 Å². The molecule has 2 aromatic rings. The van der Waals surface area contributed by atoms with Crippen LogP contribution in [0.1, 0.15) is 41.9 Å². The molecule has 0 bridgehead atoms. The van der Waals surface area contributed by atoms with Crippen LogP contribution in [0.15, 0.2) is 53.5 Å². The normalized spacial score (nSPS) is 13.7. The molecule has 0 amide bonds. The van der Waals surface area contributed by atoms with Crippen LogP contribution in [-0.4, -0.2) is 44.2 Å². The zero-order chi connectivity index (χ0) is 21.9. The molecule has 7 heteroatoms. The van der Waals surface area contributed by atoms with E-state index in [1.54, 1.807) is 21.1 Å². The summed E-state index contributed by atoms with van der Waals surface area (Å²) in [5, 5.41) is 0. The largest absolute Gasteiger partial charge is 0.462 e. The van der Waals surface area contributed by atoms with Gasteiger partial charge in [0, 0.05) is 38.6 Å². The third kappa shape index (κ3) is 6.95. The number of pyridine rings is 1. The van der Waals surface area contributed by atoms with Crippen molar-refractivity contribution in [3.63, 3.8) is 0 Å². The fourth-order valence-electron chi connectivity index (χ4n) is 2.80. The number of carbonyl (C=O) groups is 1. The van der Waals surface area contributed by atoms with Crippen molar-refractivity contribution in [3.8, 4) is 0 Å². The summed E-state index contributed by atoms with van der Waals surface area (Å²) in [4.78, 5) is 27.4. The van der Waals surface area contributed by atoms with Gasteiger partial charge in [-0.05, 0) is 25.0 Å². The third-order valence-electron chi connectivity index (χ3n) is 4.49. The van der Waals surface area contributed by atoms with Gasteiger partial charge in [0.1, 0.15) is 5.56 Å². The number of aromatic nitrogens is 1. The number of H-pyrrole nitrogens is 1. The van der Waals surface area contributed by atoms with Crippen molar-refractivity contribution >= 4 is 11.5 Å². The van der Waals surface area contributed by atoms with Gasteiger partial charge < -0.3 is 23.9 Å². The van der Waals surface area contributed by atoms with Gasteiger partial charge in [-0.2, -0.15) is 0 Å². The predicted octanol–water partition coefficient (Wildman–Crippen LogP) is 3.55. The molecule has 2 unspecified atom stereocenters. The second kappa shape index (κ2) is 12.1. The van der Waals surface area contributed by atoms with Crippen molar-refractivity contribution < 1.29 is 23.7 Å². The number of hydrogen-bond donors (Lipinski definition) is 1. The number of carbonyl (C=O) groups excluding carboxylic acids is 1. The lowest BCUT2D eigenvalue weighted by Crippen LogP contribution is -2.20. The summed E-state index contributed by atoms with van der Waals surface area (Å²) in [6, 6.07) is 11.2. The van der Waals surface area contributed by atoms with Crippen LogP contribution < -0.4 is 5.43 Å². The first-order valence-corrected chi connectivity index (χ1v) is 9.80. The Labute approximate surface area is 176 Å². The molecule has 30 heavy (non-hydrogen) atoms. The average molecular weight is 415 g/mol. The molecule has 2 atom stereocenters. The highest BCUT2D eigenvalue weighted by Crippen LogP contribution is 2.21. The van der Waals surface area contributed by atoms with Gasteiger partial charge in [0.05, 0.1) is 19.3 Å². The van der Waals surface area contributed by atoms with Crippen molar-refractivity contribution in [2.75, 3.05) is 20.8 Å². The molecule has 0 saturated heterocycles. The number of esters is 1. The van der Waals surface area contributed by atoms with E-state index in [-0.39, 0.29) is 18.3 Å². The minimum atomic E-state index is -0.651. The van der Waals surface area contributed by atoms with Crippen molar-refractivity contribution in [3.05, 3.63) is 75.7 Å². The molecule has 2 rings (SSSR count). The van der Waals surface area contributed by atoms with Crippen LogP contribution in [0, 0.1) is 0 Å². The van der Waals surface area contributed by atoms with Crippen LogP contribution >= 0.6 is 0 Å². The molecule has 1 N–H and O–H groups in total. The second-order valence-corrected chi connectivity index (χ2v) is 6.64. The Morgan fingerprint density at radius 2 is 1.90 bits per heavy atom. The second-order valence-electron chi connectivity index (χ2n) is 6.64. The molecule has 0 fully saturated rings. The van der Waals surface area contributed by atoms with Crippen LogP contribution in [0.4, 0.5) is 0 Å². The molecule has 162 valence electrons. The minimum absolute atomic E-state index is 0.0386. The Balaban J connectivity index is 2.22. The highest BCUT2D eigenvalue weighted by molar-refractivity contribution is 5.89. The van der Waals surface area contributed by atoms with Crippen LogP contribution in [0.3, 0.4) is 0 Å². The molecule has 7 nitrogen and oxygen atoms in total. The van der Waals surface area contributed by atoms with Crippen molar-refractivity contribution in [1.29, 1.82) is 0 Å². The van der Waals surface area contributed by atoms with Gasteiger partial charge in [-0.25, -0.2) is 4.79 Å². The van der Waals surface area contributed by atoms with E-state index in [1.807, 2.05) is 43.3 Å². The molecule has 0 aliphatic heterocycles. The summed E-state index contributed by atoms with van der Waals surface area (Å²) in [5.41, 5.74) is 1.90. The van der Waals surface area contributed by atoms with Gasteiger partial charge in [0.2, 0.25) is 0 Å². The van der Waals surface area contributed by atoms with Gasteiger partial charge in [-0.15, -0.1) is 0 Å². The third-order valence-corrected chi connectivity index (χ3v) is 4.49. The van der Waals surface area contributed by atoms with E-state index in [9.17, 15) is 9.59 Å². The number of hydrogen-bond acceptors (Lipinski definition) is 6. The SMILES string of the molecule is CCOC(=O)c1c[nH]c(/C(=C/C(C)OC)CC(OC)OCc2ccccc2)cc1=O. The lowest BCUT2D eigenvalue weighted by Gasteiger charge is -2.19. The molecule has 1 aromatic carbocycles. The maximum atomic E-state index is 12.4. The molecule has 0 aliphatic carbocycles. The molecular weight excluding hydrogens is 386 g/mol. The van der Waals surface area contributed by atoms with Gasteiger partial charge in [-0.1, -0.05) is 36.4 Å². The summed E-state index contributed by atoms with van der Waals surface area (Å²) in [5.74, 6) is -0.651. The fourth-order valence-corrected chi connectivity index (χ4v) is 2.80. The number of aromatic amines is 1. The minimum Gasteiger partial charge on any atom is -0.462 e. The summed E-state index contributed by atoms with van der Waals surface area (Å²) >= 11 is 0. The maximum absolute atomic E-state index is 12.4. The van der Waals surface area contributed by atoms with Gasteiger partial charge in [0.25, 0.3) is 0 Å². The summed E-state index contributed by atoms with van der Waals surface area (Å²) < 4.78 is 21.7. The Kier molecular flexibility index (Phi) is 9.47. The summed E-state index contributed by atoms with van der Waals surface area (Å²) in [6.07, 6.45) is 2.90. The molecule has 0 spiro atoms. The monoisotopic (exact) mass is 415 g/mol. The zero-order valence-corrected chi connectivity index (χ0v) is 17.8. The smallest absolute Gasteiger partial charge is 0.343 e. The van der Waals surface area contributed by atoms with E-state index in [0.717, 1.165) is 11.1 Å². The first kappa shape index (κ1) is 23.5. The average Bonchev–Trinajstić information content (AvgIpc) is 2.76. The van der Waals surface area contributed by atoms with Gasteiger partial charge >= 0.3 is 5.97 Å². The Bertz CT molecular complexity index is 890. The molecule has 0 aliphatic rings. The summed E-state index contributed by atoms with van der Waals surface area (Å²) in [7, 11) is 3.17. The predicted molar refractivity (Wildman–Crippen MR) is 114 cm³/mol. The number of rotatable bonds is 11. The van der Waals surface area contributed by atoms with Crippen LogP contribution in [-0.2, 0) is 25.6 Å². The molecule has 1 aromatic heterocycles. The number of nitrogens with one attached hydrogen (secondary N) is 1. The van der Waals surface area contributed by atoms with E-state index in [0.29, 0.717) is 18.7 Å². The summed E-state index contributed by atoms with van der Waals surface area (Å²) in [6.45, 7) is 4.17. The van der Waals surface area contributed by atoms with Crippen LogP contribution in [0.5, 0.6) is 0 Å². The fraction of sp³-hybridized carbons (Fsp3) is 0.391. The molecule has 0 radical (unpaired) electrons. The maximum Gasteiger partial charge on any atom is 0.343 e. The van der Waals surface area contributed by atoms with Crippen molar-refractivity contribution in [1.82, 2.24) is 4.98 Å². The lowest BCUT2D eigenvalue weighted by atomic mass is 10.0. The van der Waals surface area contributed by atoms with E-state index in [2.05, 4.69) is 4.98 Å². The molecular formula is C23H29NO6. The van der Waals surface area contributed by atoms with E-state index < -0.39 is 17.7 Å². The first-order chi connectivity index (χ1) is 14.5. The first-order valence-electron chi connectivity index (χ1n) is 9.80. The number of benzene rings is 1. The highest BCUT2D eigenvalue weighted by atomic mass is 16.7. The number of methoxy groups -OCH3 is 2. The van der Waals surface area contributed by atoms with Gasteiger partial charge in [0.15, 0.2) is 11.7 Å². The van der Waals surface area contributed by atoms with Crippen LogP contribution in [0.2, 0.25) is 0 Å². The highest BCUT2D eigenvalue weighted by Gasteiger charge is 2.17. The van der Waals surface area contributed by atoms with Crippen LogP contribution in [0.25, 0.3) is 5.57 Å². The zero-order valence-electron chi connectivity index (χ0n) is 17.8. The molecule has 1 heterocycles. The van der Waals surface area contributed by atoms with Gasteiger partial charge in [-0.3, -0.25) is 4.79 Å². The van der Waals surface area contributed by atoms with E-state index >= 15 is 0 Å². The standard InChI is InChI=1S/C23H29NO6/c1-5-29-23(26)19-14-24-20(13-21(19)25)18(11-16(2)27-3)12-22(28-4)30-15-17-9-7-6-8-10-17/h6-11,13-14,16,22H,5,12,15H2,1-4H3,(H,24,25)/b18-11+. The quantitative estimate of drug-likeness (QED) is 0.446. The topological polar surface area (TPSA) is 86.9 Å². The Hall–Kier alpha value is -2.74.